The van der Waals surface area contributed by atoms with Crippen LogP contribution in [0.2, 0.25) is 0 Å². The first kappa shape index (κ1) is 16.9. The molecule has 1 fully saturated rings. The lowest BCUT2D eigenvalue weighted by molar-refractivity contribution is -0.0592. The summed E-state index contributed by atoms with van der Waals surface area (Å²) in [6.45, 7) is 12.6. The van der Waals surface area contributed by atoms with Gasteiger partial charge in [0, 0.05) is 39.5 Å². The van der Waals surface area contributed by atoms with Gasteiger partial charge in [-0.15, -0.1) is 0 Å². The van der Waals surface area contributed by atoms with Gasteiger partial charge in [0.2, 0.25) is 0 Å². The highest BCUT2D eigenvalue weighted by atomic mass is 16.5. The lowest BCUT2D eigenvalue weighted by atomic mass is 9.94. The second-order valence-electron chi connectivity index (χ2n) is 5.83. The second kappa shape index (κ2) is 8.90. The van der Waals surface area contributed by atoms with Gasteiger partial charge in [-0.2, -0.15) is 0 Å². The normalized spacial score (nSPS) is 26.5. The van der Waals surface area contributed by atoms with E-state index in [-0.39, 0.29) is 5.60 Å². The maximum atomic E-state index is 5.65. The summed E-state index contributed by atoms with van der Waals surface area (Å²) in [5.74, 6) is 0. The van der Waals surface area contributed by atoms with Crippen LogP contribution in [0.5, 0.6) is 0 Å². The zero-order valence-electron chi connectivity index (χ0n) is 13.2. The molecule has 0 aromatic heterocycles. The summed E-state index contributed by atoms with van der Waals surface area (Å²) in [6.07, 6.45) is 3.50. The van der Waals surface area contributed by atoms with Crippen LogP contribution in [-0.2, 0) is 9.47 Å². The van der Waals surface area contributed by atoms with Crippen LogP contribution in [0.25, 0.3) is 0 Å². The van der Waals surface area contributed by atoms with Crippen LogP contribution in [0.1, 0.15) is 40.0 Å². The molecule has 4 heteroatoms. The van der Waals surface area contributed by atoms with Gasteiger partial charge in [-0.1, -0.05) is 0 Å². The van der Waals surface area contributed by atoms with Crippen LogP contribution in [0.15, 0.2) is 0 Å². The van der Waals surface area contributed by atoms with Crippen molar-refractivity contribution in [1.29, 1.82) is 0 Å². The summed E-state index contributed by atoms with van der Waals surface area (Å²) in [7, 11) is 1.83. The van der Waals surface area contributed by atoms with Gasteiger partial charge < -0.3 is 14.8 Å². The summed E-state index contributed by atoms with van der Waals surface area (Å²) in [5, 5.41) is 3.52. The van der Waals surface area contributed by atoms with Gasteiger partial charge in [0.25, 0.3) is 0 Å². The van der Waals surface area contributed by atoms with Crippen LogP contribution in [0.3, 0.4) is 0 Å². The highest BCUT2D eigenvalue weighted by molar-refractivity contribution is 4.87. The van der Waals surface area contributed by atoms with Crippen molar-refractivity contribution in [3.05, 3.63) is 0 Å². The fourth-order valence-corrected chi connectivity index (χ4v) is 2.67. The van der Waals surface area contributed by atoms with E-state index in [0.717, 1.165) is 39.3 Å². The van der Waals surface area contributed by atoms with E-state index in [1.807, 2.05) is 14.0 Å². The summed E-state index contributed by atoms with van der Waals surface area (Å²) < 4.78 is 11.0. The molecule has 0 aromatic rings. The van der Waals surface area contributed by atoms with Gasteiger partial charge >= 0.3 is 0 Å². The predicted octanol–water partition coefficient (Wildman–Crippen LogP) is 1.89. The Morgan fingerprint density at radius 3 is 2.89 bits per heavy atom. The molecule has 0 radical (unpaired) electrons. The molecule has 1 N–H and O–H groups in total. The predicted molar refractivity (Wildman–Crippen MR) is 79.7 cm³/mol. The van der Waals surface area contributed by atoms with E-state index < -0.39 is 0 Å². The quantitative estimate of drug-likeness (QED) is 0.650. The van der Waals surface area contributed by atoms with Gasteiger partial charge in [0.05, 0.1) is 5.60 Å². The van der Waals surface area contributed by atoms with Gasteiger partial charge in [-0.05, 0) is 53.1 Å². The molecule has 0 aliphatic carbocycles. The molecule has 1 aliphatic heterocycles. The minimum absolute atomic E-state index is 0.0431. The number of hydrogen-bond donors (Lipinski definition) is 1. The van der Waals surface area contributed by atoms with Crippen LogP contribution in [0, 0.1) is 0 Å². The van der Waals surface area contributed by atoms with E-state index in [9.17, 15) is 0 Å². The number of nitrogens with zero attached hydrogens (tertiary/aromatic N) is 1. The van der Waals surface area contributed by atoms with Crippen molar-refractivity contribution < 1.29 is 9.47 Å². The minimum Gasteiger partial charge on any atom is -0.382 e. The first-order valence-electron chi connectivity index (χ1n) is 7.69. The lowest BCUT2D eigenvalue weighted by Gasteiger charge is -2.42. The number of ether oxygens (including phenoxy) is 2. The Morgan fingerprint density at radius 1 is 1.42 bits per heavy atom. The molecule has 0 aromatic carbocycles. The highest BCUT2D eigenvalue weighted by Gasteiger charge is 2.32. The van der Waals surface area contributed by atoms with Crippen LogP contribution >= 0.6 is 0 Å². The smallest absolute Gasteiger partial charge is 0.0777 e. The molecule has 0 saturated carbocycles. The van der Waals surface area contributed by atoms with Crippen LogP contribution in [0.4, 0.5) is 0 Å². The maximum absolute atomic E-state index is 5.65. The van der Waals surface area contributed by atoms with Gasteiger partial charge in [-0.3, -0.25) is 4.90 Å². The van der Waals surface area contributed by atoms with Crippen LogP contribution in [-0.4, -0.2) is 63.0 Å². The van der Waals surface area contributed by atoms with E-state index in [1.165, 1.54) is 19.4 Å². The molecular formula is C15H32N2O2. The number of nitrogens with one attached hydrogen (secondary N) is 1. The summed E-state index contributed by atoms with van der Waals surface area (Å²) in [6, 6.07) is 0.571. The van der Waals surface area contributed by atoms with Crippen molar-refractivity contribution in [3.8, 4) is 0 Å². The van der Waals surface area contributed by atoms with Gasteiger partial charge in [0.1, 0.15) is 0 Å². The van der Waals surface area contributed by atoms with Crippen molar-refractivity contribution in [1.82, 2.24) is 10.2 Å². The van der Waals surface area contributed by atoms with E-state index in [4.69, 9.17) is 9.47 Å². The molecule has 2 atom stereocenters. The Kier molecular flexibility index (Phi) is 7.91. The average Bonchev–Trinajstić information content (AvgIpc) is 2.42. The number of hydrogen-bond acceptors (Lipinski definition) is 4. The van der Waals surface area contributed by atoms with E-state index in [0.29, 0.717) is 6.04 Å². The number of piperidine rings is 1. The average molecular weight is 272 g/mol. The van der Waals surface area contributed by atoms with E-state index in [1.54, 1.807) is 0 Å². The minimum atomic E-state index is 0.0431. The van der Waals surface area contributed by atoms with Crippen molar-refractivity contribution in [2.75, 3.05) is 46.5 Å². The zero-order chi connectivity index (χ0) is 14.1. The molecule has 1 aliphatic rings. The largest absolute Gasteiger partial charge is 0.382 e. The van der Waals surface area contributed by atoms with Gasteiger partial charge in [-0.25, -0.2) is 0 Å². The summed E-state index contributed by atoms with van der Waals surface area (Å²) in [4.78, 5) is 2.54. The van der Waals surface area contributed by atoms with E-state index >= 15 is 0 Å². The molecule has 114 valence electrons. The number of methoxy groups -OCH3 is 1. The van der Waals surface area contributed by atoms with Gasteiger partial charge in [0.15, 0.2) is 0 Å². The standard InChI is InChI=1S/C15H32N2O2/c1-5-19-11-7-9-16-12-14(2)17-10-6-8-15(3,13-17)18-4/h14,16H,5-13H2,1-4H3. The lowest BCUT2D eigenvalue weighted by Crippen LogP contribution is -2.52. The summed E-state index contributed by atoms with van der Waals surface area (Å²) >= 11 is 0. The Balaban J connectivity index is 2.16. The highest BCUT2D eigenvalue weighted by Crippen LogP contribution is 2.24. The monoisotopic (exact) mass is 272 g/mol. The molecule has 0 bridgehead atoms. The third kappa shape index (κ3) is 6.21. The first-order valence-corrected chi connectivity index (χ1v) is 7.69. The Morgan fingerprint density at radius 2 is 2.21 bits per heavy atom. The Labute approximate surface area is 118 Å². The molecule has 1 saturated heterocycles. The second-order valence-corrected chi connectivity index (χ2v) is 5.83. The van der Waals surface area contributed by atoms with Crippen molar-refractivity contribution >= 4 is 0 Å². The molecule has 1 rings (SSSR count). The molecule has 4 nitrogen and oxygen atoms in total. The fraction of sp³-hybridized carbons (Fsp3) is 1.00. The Hall–Kier alpha value is -0.160. The number of rotatable bonds is 9. The molecular weight excluding hydrogens is 240 g/mol. The molecule has 2 unspecified atom stereocenters. The number of likely N-dealkylation sites (tertiary alicyclic amines) is 1. The molecule has 19 heavy (non-hydrogen) atoms. The van der Waals surface area contributed by atoms with Crippen LogP contribution < -0.4 is 5.32 Å². The third-order valence-electron chi connectivity index (χ3n) is 4.09. The van der Waals surface area contributed by atoms with Crippen molar-refractivity contribution in [3.63, 3.8) is 0 Å². The molecule has 0 spiro atoms. The Bertz CT molecular complexity index is 238. The first-order chi connectivity index (χ1) is 9.11. The van der Waals surface area contributed by atoms with Crippen molar-refractivity contribution in [2.45, 2.75) is 51.7 Å². The third-order valence-corrected chi connectivity index (χ3v) is 4.09. The van der Waals surface area contributed by atoms with Crippen molar-refractivity contribution in [2.24, 2.45) is 0 Å². The topological polar surface area (TPSA) is 33.7 Å². The molecule has 1 heterocycles. The summed E-state index contributed by atoms with van der Waals surface area (Å²) in [5.41, 5.74) is 0.0431. The fourth-order valence-electron chi connectivity index (χ4n) is 2.67. The zero-order valence-corrected chi connectivity index (χ0v) is 13.2. The molecule has 0 amide bonds. The SMILES string of the molecule is CCOCCCNCC(C)N1CCCC(C)(OC)C1. The maximum Gasteiger partial charge on any atom is 0.0777 e. The van der Waals surface area contributed by atoms with E-state index in [2.05, 4.69) is 24.1 Å².